The first-order chi connectivity index (χ1) is 11.2. The fraction of sp³-hybridized carbons (Fsp3) is 0.167. The first-order valence-corrected chi connectivity index (χ1v) is 8.88. The maximum atomic E-state index is 5.44. The first-order valence-electron chi connectivity index (χ1n) is 7.10. The highest BCUT2D eigenvalue weighted by molar-refractivity contribution is 9.10. The van der Waals surface area contributed by atoms with Crippen molar-refractivity contribution in [2.75, 3.05) is 14.2 Å². The van der Waals surface area contributed by atoms with Crippen LogP contribution in [0.4, 0.5) is 0 Å². The van der Waals surface area contributed by atoms with Gasteiger partial charge in [0.1, 0.15) is 0 Å². The van der Waals surface area contributed by atoms with Crippen molar-refractivity contribution >= 4 is 38.6 Å². The lowest BCUT2D eigenvalue weighted by Crippen LogP contribution is -1.94. The topological polar surface area (TPSA) is 31.4 Å². The standard InChI is InChI=1S/C18H16BrNO2S/c1-21-15-8-7-12(17(19)18(15)22-2)11-23-16-9-10-20-14-6-4-3-5-13(14)16/h3-10H,11H2,1-2H3. The Morgan fingerprint density at radius 1 is 1.04 bits per heavy atom. The van der Waals surface area contributed by atoms with E-state index in [1.807, 2.05) is 30.5 Å². The minimum absolute atomic E-state index is 0.725. The summed E-state index contributed by atoms with van der Waals surface area (Å²) in [7, 11) is 3.29. The van der Waals surface area contributed by atoms with Gasteiger partial charge in [-0.1, -0.05) is 24.3 Å². The molecule has 0 aliphatic heterocycles. The van der Waals surface area contributed by atoms with Crippen molar-refractivity contribution in [3.05, 3.63) is 58.7 Å². The van der Waals surface area contributed by atoms with Crippen LogP contribution >= 0.6 is 27.7 Å². The lowest BCUT2D eigenvalue weighted by molar-refractivity contribution is 0.353. The van der Waals surface area contributed by atoms with Gasteiger partial charge < -0.3 is 9.47 Å². The molecule has 0 saturated heterocycles. The van der Waals surface area contributed by atoms with Crippen molar-refractivity contribution in [2.45, 2.75) is 10.6 Å². The number of para-hydroxylation sites is 1. The summed E-state index contributed by atoms with van der Waals surface area (Å²) in [4.78, 5) is 5.63. The number of benzene rings is 2. The minimum Gasteiger partial charge on any atom is -0.493 e. The van der Waals surface area contributed by atoms with Crippen LogP contribution in [0.3, 0.4) is 0 Å². The Balaban J connectivity index is 1.88. The van der Waals surface area contributed by atoms with Crippen LogP contribution < -0.4 is 9.47 Å². The second-order valence-corrected chi connectivity index (χ2v) is 6.70. The van der Waals surface area contributed by atoms with Crippen LogP contribution in [-0.4, -0.2) is 19.2 Å². The molecule has 118 valence electrons. The summed E-state index contributed by atoms with van der Waals surface area (Å²) in [6.07, 6.45) is 1.86. The van der Waals surface area contributed by atoms with Crippen LogP contribution in [0.25, 0.3) is 10.9 Å². The number of aromatic nitrogens is 1. The van der Waals surface area contributed by atoms with Crippen molar-refractivity contribution in [2.24, 2.45) is 0 Å². The molecule has 1 aromatic heterocycles. The zero-order valence-electron chi connectivity index (χ0n) is 12.9. The average Bonchev–Trinajstić information content (AvgIpc) is 2.60. The fourth-order valence-corrected chi connectivity index (χ4v) is 4.24. The van der Waals surface area contributed by atoms with Gasteiger partial charge in [-0.05, 0) is 39.7 Å². The predicted molar refractivity (Wildman–Crippen MR) is 98.6 cm³/mol. The molecular weight excluding hydrogens is 374 g/mol. The highest BCUT2D eigenvalue weighted by Crippen LogP contribution is 2.40. The van der Waals surface area contributed by atoms with Gasteiger partial charge in [0.25, 0.3) is 0 Å². The Labute approximate surface area is 148 Å². The van der Waals surface area contributed by atoms with Gasteiger partial charge in [-0.15, -0.1) is 11.8 Å². The molecule has 3 rings (SSSR count). The normalized spacial score (nSPS) is 10.7. The number of rotatable bonds is 5. The second kappa shape index (κ2) is 7.23. The molecule has 0 spiro atoms. The number of nitrogens with zero attached hydrogens (tertiary/aromatic N) is 1. The number of fused-ring (bicyclic) bond motifs is 1. The third kappa shape index (κ3) is 3.31. The molecule has 0 bridgehead atoms. The molecule has 3 nitrogen and oxygen atoms in total. The third-order valence-corrected chi connectivity index (χ3v) is 5.55. The summed E-state index contributed by atoms with van der Waals surface area (Å²) in [6, 6.07) is 14.2. The summed E-state index contributed by atoms with van der Waals surface area (Å²) in [5.74, 6) is 2.28. The van der Waals surface area contributed by atoms with Gasteiger partial charge >= 0.3 is 0 Å². The number of hydrogen-bond acceptors (Lipinski definition) is 4. The fourth-order valence-electron chi connectivity index (χ4n) is 2.39. The zero-order chi connectivity index (χ0) is 16.2. The molecule has 3 aromatic rings. The number of pyridine rings is 1. The number of methoxy groups -OCH3 is 2. The van der Waals surface area contributed by atoms with Crippen molar-refractivity contribution < 1.29 is 9.47 Å². The van der Waals surface area contributed by atoms with Crippen LogP contribution in [-0.2, 0) is 5.75 Å². The van der Waals surface area contributed by atoms with E-state index in [0.29, 0.717) is 0 Å². The quantitative estimate of drug-likeness (QED) is 0.553. The van der Waals surface area contributed by atoms with Crippen LogP contribution in [0.1, 0.15) is 5.56 Å². The van der Waals surface area contributed by atoms with E-state index in [-0.39, 0.29) is 0 Å². The van der Waals surface area contributed by atoms with E-state index in [2.05, 4.69) is 39.1 Å². The molecule has 5 heteroatoms. The maximum absolute atomic E-state index is 5.44. The van der Waals surface area contributed by atoms with E-state index in [9.17, 15) is 0 Å². The van der Waals surface area contributed by atoms with E-state index in [1.54, 1.807) is 26.0 Å². The average molecular weight is 390 g/mol. The van der Waals surface area contributed by atoms with E-state index < -0.39 is 0 Å². The van der Waals surface area contributed by atoms with Gasteiger partial charge in [0.2, 0.25) is 0 Å². The second-order valence-electron chi connectivity index (χ2n) is 4.89. The molecule has 0 amide bonds. The van der Waals surface area contributed by atoms with Gasteiger partial charge in [0.15, 0.2) is 11.5 Å². The Morgan fingerprint density at radius 2 is 1.87 bits per heavy atom. The molecule has 1 heterocycles. The van der Waals surface area contributed by atoms with Crippen molar-refractivity contribution in [3.8, 4) is 11.5 Å². The minimum atomic E-state index is 0.725. The lowest BCUT2D eigenvalue weighted by atomic mass is 10.2. The van der Waals surface area contributed by atoms with Crippen LogP contribution in [0, 0.1) is 0 Å². The molecule has 0 aliphatic carbocycles. The molecule has 0 saturated carbocycles. The highest BCUT2D eigenvalue weighted by Gasteiger charge is 2.13. The summed E-state index contributed by atoms with van der Waals surface area (Å²) in [5, 5.41) is 1.18. The molecule has 23 heavy (non-hydrogen) atoms. The smallest absolute Gasteiger partial charge is 0.175 e. The molecular formula is C18H16BrNO2S. The van der Waals surface area contributed by atoms with E-state index >= 15 is 0 Å². The number of hydrogen-bond donors (Lipinski definition) is 0. The molecule has 0 atom stereocenters. The van der Waals surface area contributed by atoms with Crippen LogP contribution in [0.15, 0.2) is 58.0 Å². The van der Waals surface area contributed by atoms with Crippen molar-refractivity contribution in [1.29, 1.82) is 0 Å². The predicted octanol–water partition coefficient (Wildman–Crippen LogP) is 5.31. The molecule has 0 aliphatic rings. The van der Waals surface area contributed by atoms with E-state index in [1.165, 1.54) is 10.3 Å². The Bertz CT molecular complexity index is 833. The van der Waals surface area contributed by atoms with Gasteiger partial charge in [0.05, 0.1) is 24.2 Å². The van der Waals surface area contributed by atoms with Crippen molar-refractivity contribution in [1.82, 2.24) is 4.98 Å². The van der Waals surface area contributed by atoms with E-state index in [4.69, 9.17) is 9.47 Å². The molecule has 2 aromatic carbocycles. The monoisotopic (exact) mass is 389 g/mol. The first kappa shape index (κ1) is 16.1. The number of ether oxygens (including phenoxy) is 2. The molecule has 0 radical (unpaired) electrons. The molecule has 0 fully saturated rings. The summed E-state index contributed by atoms with van der Waals surface area (Å²) < 4.78 is 11.7. The van der Waals surface area contributed by atoms with E-state index in [0.717, 1.165) is 32.8 Å². The van der Waals surface area contributed by atoms with Crippen LogP contribution in [0.5, 0.6) is 11.5 Å². The largest absolute Gasteiger partial charge is 0.493 e. The number of halogens is 1. The Morgan fingerprint density at radius 3 is 2.65 bits per heavy atom. The van der Waals surface area contributed by atoms with Crippen LogP contribution in [0.2, 0.25) is 0 Å². The van der Waals surface area contributed by atoms with Gasteiger partial charge in [0, 0.05) is 22.2 Å². The summed E-state index contributed by atoms with van der Waals surface area (Å²) in [5.41, 5.74) is 2.18. The third-order valence-electron chi connectivity index (χ3n) is 3.56. The van der Waals surface area contributed by atoms with Crippen molar-refractivity contribution in [3.63, 3.8) is 0 Å². The van der Waals surface area contributed by atoms with Gasteiger partial charge in [-0.2, -0.15) is 0 Å². The summed E-state index contributed by atoms with van der Waals surface area (Å²) >= 11 is 5.41. The maximum Gasteiger partial charge on any atom is 0.175 e. The summed E-state index contributed by atoms with van der Waals surface area (Å²) in [6.45, 7) is 0. The Kier molecular flexibility index (Phi) is 5.08. The van der Waals surface area contributed by atoms with Gasteiger partial charge in [-0.25, -0.2) is 0 Å². The molecule has 0 unspecified atom stereocenters. The van der Waals surface area contributed by atoms with Gasteiger partial charge in [-0.3, -0.25) is 4.98 Å². The Hall–Kier alpha value is -1.72. The zero-order valence-corrected chi connectivity index (χ0v) is 15.3. The number of thioether (sulfide) groups is 1. The lowest BCUT2D eigenvalue weighted by Gasteiger charge is -2.13. The molecule has 0 N–H and O–H groups in total. The SMILES string of the molecule is COc1ccc(CSc2ccnc3ccccc23)c(Br)c1OC. The highest BCUT2D eigenvalue weighted by atomic mass is 79.9.